The Kier molecular flexibility index (Phi) is 8.44. The van der Waals surface area contributed by atoms with Crippen molar-refractivity contribution < 1.29 is 34.0 Å². The van der Waals surface area contributed by atoms with E-state index >= 15 is 0 Å². The second-order valence-electron chi connectivity index (χ2n) is 1.78. The largest absolute Gasteiger partial charge is 2.00 e. The van der Waals surface area contributed by atoms with Gasteiger partial charge in [-0.3, -0.25) is 0 Å². The van der Waals surface area contributed by atoms with Gasteiger partial charge in [0, 0.05) is 6.20 Å². The molecule has 0 aliphatic heterocycles. The molecule has 1 N–H and O–H groups in total. The first kappa shape index (κ1) is 14.8. The summed E-state index contributed by atoms with van der Waals surface area (Å²) in [4.78, 5) is 10.9. The Labute approximate surface area is 107 Å². The van der Waals surface area contributed by atoms with Crippen molar-refractivity contribution in [2.45, 2.75) is 0 Å². The maximum Gasteiger partial charge on any atom is 2.00 e. The Morgan fingerprint density at radius 2 is 1.92 bits per heavy atom. The van der Waals surface area contributed by atoms with Gasteiger partial charge in [0.1, 0.15) is 0 Å². The first-order chi connectivity index (χ1) is 4.47. The van der Waals surface area contributed by atoms with Crippen molar-refractivity contribution in [2.75, 3.05) is 0 Å². The Bertz CT molecular complexity index is 295. The fourth-order valence-electron chi connectivity index (χ4n) is 0.775. The van der Waals surface area contributed by atoms with Crippen LogP contribution in [0.15, 0.2) is 24.7 Å². The summed E-state index contributed by atoms with van der Waals surface area (Å²) in [5.74, 6) is 0. The van der Waals surface area contributed by atoms with Crippen molar-refractivity contribution in [3.05, 3.63) is 24.7 Å². The van der Waals surface area contributed by atoms with Crippen molar-refractivity contribution in [2.24, 2.45) is 0 Å². The molecule has 0 fully saturated rings. The molecule has 0 aliphatic carbocycles. The number of nitrogens with one attached hydrogen (secondary N) is 1. The van der Waals surface area contributed by atoms with Crippen LogP contribution in [0.2, 0.25) is 0 Å². The van der Waals surface area contributed by atoms with E-state index in [9.17, 15) is 0 Å². The van der Waals surface area contributed by atoms with Gasteiger partial charge in [0.15, 0.2) is 5.65 Å². The molecule has 0 aromatic carbocycles. The number of halogens is 2. The van der Waals surface area contributed by atoms with Crippen molar-refractivity contribution in [1.29, 1.82) is 0 Å². The van der Waals surface area contributed by atoms with E-state index in [0.717, 1.165) is 11.2 Å². The van der Waals surface area contributed by atoms with Crippen LogP contribution in [-0.4, -0.2) is 38.0 Å². The van der Waals surface area contributed by atoms with E-state index in [1.165, 1.54) is 0 Å². The summed E-state index contributed by atoms with van der Waals surface area (Å²) < 4.78 is 0. The van der Waals surface area contributed by atoms with Gasteiger partial charge >= 0.3 is 23.1 Å². The summed E-state index contributed by atoms with van der Waals surface area (Å²) in [6.45, 7) is 0. The third kappa shape index (κ3) is 3.00. The van der Waals surface area contributed by atoms with Gasteiger partial charge in [-0.2, -0.15) is 0 Å². The molecule has 12 heavy (non-hydrogen) atoms. The number of imidazole rings is 1. The Morgan fingerprint density at radius 3 is 2.58 bits per heavy atom. The summed E-state index contributed by atoms with van der Waals surface area (Å²) in [6.07, 6.45) is 3.36. The predicted octanol–water partition coefficient (Wildman–Crippen LogP) is -5.41. The fourth-order valence-corrected chi connectivity index (χ4v) is 0.775. The Balaban J connectivity index is 0. The monoisotopic (exact) mass is 301 g/mol. The van der Waals surface area contributed by atoms with Crippen LogP contribution in [0.25, 0.3) is 11.2 Å². The van der Waals surface area contributed by atoms with Crippen LogP contribution in [0.5, 0.6) is 0 Å². The quantitative estimate of drug-likeness (QED) is 0.494. The van der Waals surface area contributed by atoms with E-state index in [1.54, 1.807) is 12.5 Å². The molecule has 0 saturated carbocycles. The third-order valence-electron chi connectivity index (χ3n) is 1.19. The fraction of sp³-hybridized carbons (Fsp3) is 0. The summed E-state index contributed by atoms with van der Waals surface area (Å²) in [5.41, 5.74) is 1.76. The number of aromatic nitrogens is 3. The van der Waals surface area contributed by atoms with E-state index in [2.05, 4.69) is 15.0 Å². The van der Waals surface area contributed by atoms with Crippen LogP contribution in [0, 0.1) is 0 Å². The minimum atomic E-state index is 0. The van der Waals surface area contributed by atoms with E-state index in [4.69, 9.17) is 0 Å². The van der Waals surface area contributed by atoms with Gasteiger partial charge < -0.3 is 38.9 Å². The second kappa shape index (κ2) is 6.82. The second-order valence-corrected chi connectivity index (χ2v) is 1.78. The van der Waals surface area contributed by atoms with Crippen LogP contribution >= 0.6 is 0 Å². The predicted molar refractivity (Wildman–Crippen MR) is 39.6 cm³/mol. The standard InChI is InChI=1S/C6H5N3.2BrH.Mg/c1-2-5-6(7-3-1)9-4-8-5;;;/h1-4H,(H,7,8,9);2*1H;/q;;;+2/p-2. The molecule has 0 amide bonds. The van der Waals surface area contributed by atoms with E-state index < -0.39 is 0 Å². The molecule has 2 heterocycles. The van der Waals surface area contributed by atoms with Crippen LogP contribution in [0.3, 0.4) is 0 Å². The summed E-state index contributed by atoms with van der Waals surface area (Å²) >= 11 is 0. The minimum absolute atomic E-state index is 0. The molecule has 6 heteroatoms. The maximum atomic E-state index is 4.00. The Morgan fingerprint density at radius 1 is 1.17 bits per heavy atom. The van der Waals surface area contributed by atoms with Crippen LogP contribution in [0.4, 0.5) is 0 Å². The van der Waals surface area contributed by atoms with Gasteiger partial charge in [0.05, 0.1) is 11.8 Å². The number of aromatic amines is 1. The van der Waals surface area contributed by atoms with Gasteiger partial charge in [-0.15, -0.1) is 0 Å². The summed E-state index contributed by atoms with van der Waals surface area (Å²) in [5, 5.41) is 0. The number of hydrogen-bond donors (Lipinski definition) is 1. The van der Waals surface area contributed by atoms with Crippen molar-refractivity contribution in [3.8, 4) is 0 Å². The molecule has 2 rings (SSSR count). The average Bonchev–Trinajstić information content (AvgIpc) is 2.33. The molecule has 0 spiro atoms. The van der Waals surface area contributed by atoms with Gasteiger partial charge in [-0.05, 0) is 12.1 Å². The molecular weight excluding hydrogens is 298 g/mol. The molecular formula is C6H5Br2MgN3. The van der Waals surface area contributed by atoms with Crippen molar-refractivity contribution in [3.63, 3.8) is 0 Å². The topological polar surface area (TPSA) is 41.6 Å². The van der Waals surface area contributed by atoms with Crippen LogP contribution < -0.4 is 34.0 Å². The third-order valence-corrected chi connectivity index (χ3v) is 1.19. The summed E-state index contributed by atoms with van der Waals surface area (Å²) in [6, 6.07) is 3.82. The first-order valence-corrected chi connectivity index (χ1v) is 2.71. The smallest absolute Gasteiger partial charge is 1.00 e. The number of H-pyrrole nitrogens is 1. The SMILES string of the molecule is [Br-].[Br-].[Mg+2].c1cnc2nc[nH]c2c1. The average molecular weight is 303 g/mol. The maximum absolute atomic E-state index is 4.00. The molecule has 0 aliphatic rings. The molecule has 0 unspecified atom stereocenters. The van der Waals surface area contributed by atoms with Gasteiger partial charge in [0.2, 0.25) is 0 Å². The van der Waals surface area contributed by atoms with Crippen molar-refractivity contribution >= 4 is 34.2 Å². The van der Waals surface area contributed by atoms with Gasteiger partial charge in [-0.1, -0.05) is 0 Å². The molecule has 2 aromatic heterocycles. The zero-order chi connectivity index (χ0) is 6.10. The number of pyridine rings is 1. The van der Waals surface area contributed by atoms with E-state index in [0.29, 0.717) is 0 Å². The van der Waals surface area contributed by atoms with E-state index in [1.807, 2.05) is 12.1 Å². The van der Waals surface area contributed by atoms with Crippen molar-refractivity contribution in [1.82, 2.24) is 15.0 Å². The molecule has 0 saturated heterocycles. The zero-order valence-corrected chi connectivity index (χ0v) is 10.8. The number of nitrogens with zero attached hydrogens (tertiary/aromatic N) is 2. The molecule has 0 bridgehead atoms. The van der Waals surface area contributed by atoms with Crippen LogP contribution in [-0.2, 0) is 0 Å². The van der Waals surface area contributed by atoms with Crippen LogP contribution in [0.1, 0.15) is 0 Å². The first-order valence-electron chi connectivity index (χ1n) is 2.71. The minimum Gasteiger partial charge on any atom is -1.00 e. The molecule has 3 nitrogen and oxygen atoms in total. The number of fused-ring (bicyclic) bond motifs is 1. The molecule has 60 valence electrons. The van der Waals surface area contributed by atoms with E-state index in [-0.39, 0.29) is 57.0 Å². The number of rotatable bonds is 0. The van der Waals surface area contributed by atoms with Gasteiger partial charge in [0.25, 0.3) is 0 Å². The number of hydrogen-bond acceptors (Lipinski definition) is 2. The molecule has 0 atom stereocenters. The van der Waals surface area contributed by atoms with Gasteiger partial charge in [-0.25, -0.2) is 9.97 Å². The molecule has 2 aromatic rings. The molecule has 0 radical (unpaired) electrons. The normalized spacial score (nSPS) is 7.67. The zero-order valence-electron chi connectivity index (χ0n) is 6.17. The Hall–Kier alpha value is 0.346. The summed E-state index contributed by atoms with van der Waals surface area (Å²) in [7, 11) is 0.